The molecule has 7 heteroatoms. The minimum absolute atomic E-state index is 0.00432. The largest absolute Gasteiger partial charge is 0.339 e. The van der Waals surface area contributed by atoms with E-state index < -0.39 is 0 Å². The van der Waals surface area contributed by atoms with Crippen molar-refractivity contribution in [3.63, 3.8) is 0 Å². The molecule has 0 unspecified atom stereocenters. The molecule has 1 aromatic carbocycles. The number of fused-ring (bicyclic) bond motifs is 1. The van der Waals surface area contributed by atoms with Crippen LogP contribution in [0.1, 0.15) is 12.5 Å². The highest BCUT2D eigenvalue weighted by Crippen LogP contribution is 2.14. The lowest BCUT2D eigenvalue weighted by Gasteiger charge is -2.34. The number of benzene rings is 1. The van der Waals surface area contributed by atoms with Crippen LogP contribution in [0.15, 0.2) is 53.6 Å². The summed E-state index contributed by atoms with van der Waals surface area (Å²) in [5, 5.41) is 0. The fourth-order valence-electron chi connectivity index (χ4n) is 3.87. The molecule has 1 fully saturated rings. The van der Waals surface area contributed by atoms with Crippen LogP contribution in [0.25, 0.3) is 11.0 Å². The number of carbonyl (C=O) groups is 1. The van der Waals surface area contributed by atoms with Gasteiger partial charge in [-0.3, -0.25) is 23.8 Å². The van der Waals surface area contributed by atoms with Crippen molar-refractivity contribution < 1.29 is 4.79 Å². The van der Waals surface area contributed by atoms with Crippen molar-refractivity contribution in [2.75, 3.05) is 26.2 Å². The highest BCUT2D eigenvalue weighted by atomic mass is 16.2. The number of pyridine rings is 1. The molecule has 0 saturated carbocycles. The first-order chi connectivity index (χ1) is 13.7. The van der Waals surface area contributed by atoms with Crippen LogP contribution in [-0.4, -0.2) is 56.0 Å². The van der Waals surface area contributed by atoms with Crippen molar-refractivity contribution in [3.05, 3.63) is 64.8 Å². The molecule has 2 aromatic heterocycles. The number of aryl methyl sites for hydroxylation is 1. The van der Waals surface area contributed by atoms with E-state index in [0.717, 1.165) is 30.7 Å². The smallest absolute Gasteiger partial charge is 0.329 e. The second-order valence-corrected chi connectivity index (χ2v) is 7.11. The monoisotopic (exact) mass is 379 g/mol. The highest BCUT2D eigenvalue weighted by molar-refractivity contribution is 5.81. The molecule has 1 aliphatic heterocycles. The summed E-state index contributed by atoms with van der Waals surface area (Å²) in [5.41, 5.74) is 2.81. The van der Waals surface area contributed by atoms with Crippen molar-refractivity contribution in [3.8, 4) is 0 Å². The zero-order chi connectivity index (χ0) is 19.5. The van der Waals surface area contributed by atoms with Crippen LogP contribution < -0.4 is 5.69 Å². The molecule has 0 aliphatic carbocycles. The number of piperazine rings is 1. The van der Waals surface area contributed by atoms with Gasteiger partial charge in [-0.1, -0.05) is 12.1 Å². The lowest BCUT2D eigenvalue weighted by Crippen LogP contribution is -2.49. The summed E-state index contributed by atoms with van der Waals surface area (Å²) in [5.74, 6) is 0.00432. The van der Waals surface area contributed by atoms with E-state index in [1.807, 2.05) is 48.2 Å². The molecule has 0 N–H and O–H groups in total. The van der Waals surface area contributed by atoms with Gasteiger partial charge in [0.15, 0.2) is 0 Å². The number of amides is 1. The number of carbonyl (C=O) groups excluding carboxylic acids is 1. The molecule has 3 aromatic rings. The third-order valence-electron chi connectivity index (χ3n) is 5.42. The standard InChI is InChI=1S/C21H25N5O2/c1-2-25-18-5-3-4-6-19(18)26(21(25)28)16-20(27)24-13-11-23(12-14-24)15-17-7-9-22-10-8-17/h3-10H,2,11-16H2,1H3. The number of rotatable bonds is 5. The fourth-order valence-corrected chi connectivity index (χ4v) is 3.87. The summed E-state index contributed by atoms with van der Waals surface area (Å²) >= 11 is 0. The Morgan fingerprint density at radius 1 is 0.964 bits per heavy atom. The minimum atomic E-state index is -0.117. The summed E-state index contributed by atoms with van der Waals surface area (Å²) in [6.45, 7) is 6.54. The molecule has 1 aliphatic rings. The first-order valence-corrected chi connectivity index (χ1v) is 9.74. The number of nitrogens with zero attached hydrogens (tertiary/aromatic N) is 5. The Kier molecular flexibility index (Phi) is 5.25. The zero-order valence-electron chi connectivity index (χ0n) is 16.1. The third-order valence-corrected chi connectivity index (χ3v) is 5.42. The Bertz CT molecular complexity index is 1020. The number of hydrogen-bond donors (Lipinski definition) is 0. The van der Waals surface area contributed by atoms with Gasteiger partial charge < -0.3 is 4.90 Å². The average molecular weight is 379 g/mol. The summed E-state index contributed by atoms with van der Waals surface area (Å²) < 4.78 is 3.32. The Labute approximate surface area is 163 Å². The molecule has 1 amide bonds. The summed E-state index contributed by atoms with van der Waals surface area (Å²) in [6, 6.07) is 11.7. The molecule has 0 bridgehead atoms. The lowest BCUT2D eigenvalue weighted by molar-refractivity contribution is -0.133. The van der Waals surface area contributed by atoms with Crippen LogP contribution in [0, 0.1) is 0 Å². The second kappa shape index (κ2) is 7.98. The SMILES string of the molecule is CCn1c(=O)n(CC(=O)N2CCN(Cc3ccncc3)CC2)c2ccccc21. The van der Waals surface area contributed by atoms with E-state index in [9.17, 15) is 9.59 Å². The van der Waals surface area contributed by atoms with Crippen molar-refractivity contribution in [2.45, 2.75) is 26.6 Å². The topological polar surface area (TPSA) is 63.4 Å². The van der Waals surface area contributed by atoms with Crippen molar-refractivity contribution in [1.82, 2.24) is 23.9 Å². The fraction of sp³-hybridized carbons (Fsp3) is 0.381. The van der Waals surface area contributed by atoms with Gasteiger partial charge in [-0.05, 0) is 36.8 Å². The van der Waals surface area contributed by atoms with Crippen LogP contribution >= 0.6 is 0 Å². The van der Waals surface area contributed by atoms with Crippen LogP contribution in [0.2, 0.25) is 0 Å². The van der Waals surface area contributed by atoms with Crippen molar-refractivity contribution in [1.29, 1.82) is 0 Å². The third kappa shape index (κ3) is 3.57. The Hall–Kier alpha value is -2.93. The zero-order valence-corrected chi connectivity index (χ0v) is 16.1. The van der Waals surface area contributed by atoms with Crippen molar-refractivity contribution in [2.24, 2.45) is 0 Å². The van der Waals surface area contributed by atoms with Gasteiger partial charge in [0.25, 0.3) is 0 Å². The normalized spacial score (nSPS) is 15.2. The molecule has 0 spiro atoms. The predicted octanol–water partition coefficient (Wildman–Crippen LogP) is 1.56. The molecular weight excluding hydrogens is 354 g/mol. The maximum Gasteiger partial charge on any atom is 0.329 e. The van der Waals surface area contributed by atoms with E-state index in [4.69, 9.17) is 0 Å². The Balaban J connectivity index is 1.42. The second-order valence-electron chi connectivity index (χ2n) is 7.11. The summed E-state index contributed by atoms with van der Waals surface area (Å²) in [6.07, 6.45) is 3.61. The maximum atomic E-state index is 12.9. The van der Waals surface area contributed by atoms with E-state index in [-0.39, 0.29) is 18.1 Å². The first-order valence-electron chi connectivity index (χ1n) is 9.74. The number of imidazole rings is 1. The van der Waals surface area contributed by atoms with Gasteiger partial charge in [-0.2, -0.15) is 0 Å². The summed E-state index contributed by atoms with van der Waals surface area (Å²) in [4.78, 5) is 33.9. The van der Waals surface area contributed by atoms with E-state index in [1.165, 1.54) is 5.56 Å². The maximum absolute atomic E-state index is 12.9. The molecule has 146 valence electrons. The predicted molar refractivity (Wildman–Crippen MR) is 108 cm³/mol. The van der Waals surface area contributed by atoms with Crippen molar-refractivity contribution >= 4 is 16.9 Å². The molecule has 0 atom stereocenters. The van der Waals surface area contributed by atoms with Crippen LogP contribution in [0.5, 0.6) is 0 Å². The van der Waals surface area contributed by atoms with Crippen LogP contribution in [0.4, 0.5) is 0 Å². The minimum Gasteiger partial charge on any atom is -0.339 e. The molecule has 3 heterocycles. The van der Waals surface area contributed by atoms with E-state index in [2.05, 4.69) is 9.88 Å². The van der Waals surface area contributed by atoms with Crippen LogP contribution in [-0.2, 0) is 24.4 Å². The molecule has 1 saturated heterocycles. The van der Waals surface area contributed by atoms with Crippen LogP contribution in [0.3, 0.4) is 0 Å². The van der Waals surface area contributed by atoms with Gasteiger partial charge in [-0.15, -0.1) is 0 Å². The van der Waals surface area contributed by atoms with E-state index in [1.54, 1.807) is 21.5 Å². The first kappa shape index (κ1) is 18.4. The van der Waals surface area contributed by atoms with E-state index in [0.29, 0.717) is 19.6 Å². The average Bonchev–Trinajstić information content (AvgIpc) is 3.00. The number of hydrogen-bond acceptors (Lipinski definition) is 4. The number of para-hydroxylation sites is 2. The molecule has 28 heavy (non-hydrogen) atoms. The molecule has 4 rings (SSSR count). The van der Waals surface area contributed by atoms with E-state index >= 15 is 0 Å². The molecule has 0 radical (unpaired) electrons. The van der Waals surface area contributed by atoms with Gasteiger partial charge in [0.2, 0.25) is 5.91 Å². The van der Waals surface area contributed by atoms with Gasteiger partial charge in [0.1, 0.15) is 6.54 Å². The Morgan fingerprint density at radius 3 is 2.25 bits per heavy atom. The number of aromatic nitrogens is 3. The van der Waals surface area contributed by atoms with Gasteiger partial charge in [0, 0.05) is 51.7 Å². The molecular formula is C21H25N5O2. The lowest BCUT2D eigenvalue weighted by atomic mass is 10.2. The summed E-state index contributed by atoms with van der Waals surface area (Å²) in [7, 11) is 0. The van der Waals surface area contributed by atoms with Gasteiger partial charge >= 0.3 is 5.69 Å². The molecule has 7 nitrogen and oxygen atoms in total. The van der Waals surface area contributed by atoms with Gasteiger partial charge in [0.05, 0.1) is 11.0 Å². The highest BCUT2D eigenvalue weighted by Gasteiger charge is 2.23. The Morgan fingerprint density at radius 2 is 1.61 bits per heavy atom. The van der Waals surface area contributed by atoms with Gasteiger partial charge in [-0.25, -0.2) is 4.79 Å². The quantitative estimate of drug-likeness (QED) is 0.675.